The van der Waals surface area contributed by atoms with Gasteiger partial charge in [0, 0.05) is 17.5 Å². The van der Waals surface area contributed by atoms with Crippen molar-refractivity contribution < 1.29 is 28.9 Å². The van der Waals surface area contributed by atoms with E-state index in [4.69, 9.17) is 14.2 Å². The van der Waals surface area contributed by atoms with Crippen molar-refractivity contribution >= 4 is 11.9 Å². The highest BCUT2D eigenvalue weighted by Gasteiger charge is 2.31. The Labute approximate surface area is 169 Å². The molecule has 152 valence electrons. The van der Waals surface area contributed by atoms with Gasteiger partial charge in [-0.25, -0.2) is 4.79 Å². The lowest BCUT2D eigenvalue weighted by Gasteiger charge is -2.15. The van der Waals surface area contributed by atoms with Crippen LogP contribution in [-0.4, -0.2) is 24.2 Å². The van der Waals surface area contributed by atoms with Gasteiger partial charge in [-0.1, -0.05) is 29.8 Å². The van der Waals surface area contributed by atoms with Crippen LogP contribution in [0.3, 0.4) is 0 Å². The number of aromatic hydroxyl groups is 1. The molecule has 6 heteroatoms. The number of carbonyl (C=O) groups excluding carboxylic acids is 2. The normalized spacial score (nSPS) is 13.1. The molecule has 0 atom stereocenters. The van der Waals surface area contributed by atoms with Crippen molar-refractivity contribution in [2.45, 2.75) is 39.7 Å². The van der Waals surface area contributed by atoms with E-state index in [9.17, 15) is 14.7 Å². The predicted octanol–water partition coefficient (Wildman–Crippen LogP) is 4.25. The summed E-state index contributed by atoms with van der Waals surface area (Å²) in [5, 5.41) is 10.6. The van der Waals surface area contributed by atoms with E-state index in [1.54, 1.807) is 12.1 Å². The van der Waals surface area contributed by atoms with E-state index in [1.165, 1.54) is 7.11 Å². The number of ether oxygens (including phenoxy) is 3. The van der Waals surface area contributed by atoms with Gasteiger partial charge in [-0.15, -0.1) is 0 Å². The Morgan fingerprint density at radius 2 is 1.97 bits per heavy atom. The second-order valence-electron chi connectivity index (χ2n) is 6.96. The van der Waals surface area contributed by atoms with Crippen LogP contribution in [0.4, 0.5) is 0 Å². The summed E-state index contributed by atoms with van der Waals surface area (Å²) in [5.74, 6) is 0.147. The Morgan fingerprint density at radius 3 is 2.66 bits per heavy atom. The molecular weight excluding hydrogens is 372 g/mol. The summed E-state index contributed by atoms with van der Waals surface area (Å²) < 4.78 is 15.8. The molecule has 0 saturated heterocycles. The minimum Gasteiger partial charge on any atom is -0.507 e. The highest BCUT2D eigenvalue weighted by molar-refractivity contribution is 5.98. The van der Waals surface area contributed by atoms with E-state index < -0.39 is 5.97 Å². The smallest absolute Gasteiger partial charge is 0.342 e. The van der Waals surface area contributed by atoms with Crippen molar-refractivity contribution in [1.29, 1.82) is 0 Å². The minimum atomic E-state index is -0.520. The number of allylic oxidation sites excluding steroid dienone is 2. The molecular formula is C23H24O6. The molecule has 0 aromatic heterocycles. The van der Waals surface area contributed by atoms with Crippen LogP contribution in [0, 0.1) is 6.92 Å². The maximum atomic E-state index is 12.0. The van der Waals surface area contributed by atoms with Crippen molar-refractivity contribution in [3.63, 3.8) is 0 Å². The second kappa shape index (κ2) is 8.82. The van der Waals surface area contributed by atoms with Crippen LogP contribution >= 0.6 is 0 Å². The first kappa shape index (κ1) is 20.5. The lowest BCUT2D eigenvalue weighted by Crippen LogP contribution is -2.07. The third-order valence-corrected chi connectivity index (χ3v) is 5.00. The van der Waals surface area contributed by atoms with Gasteiger partial charge < -0.3 is 19.3 Å². The number of methoxy groups -OCH3 is 1. The van der Waals surface area contributed by atoms with Crippen molar-refractivity contribution in [3.05, 3.63) is 64.2 Å². The molecule has 1 N–H and O–H groups in total. The van der Waals surface area contributed by atoms with Gasteiger partial charge in [0.05, 0.1) is 7.11 Å². The van der Waals surface area contributed by atoms with Gasteiger partial charge in [0.25, 0.3) is 0 Å². The molecule has 2 aromatic carbocycles. The number of cyclic esters (lactones) is 1. The summed E-state index contributed by atoms with van der Waals surface area (Å²) in [6.07, 6.45) is 3.06. The molecule has 0 aliphatic carbocycles. The van der Waals surface area contributed by atoms with Crippen molar-refractivity contribution in [3.8, 4) is 17.2 Å². The minimum absolute atomic E-state index is 0.0995. The Balaban J connectivity index is 1.69. The number of fused-ring (bicyclic) bond motifs is 1. The molecule has 0 radical (unpaired) electrons. The molecule has 0 spiro atoms. The van der Waals surface area contributed by atoms with Gasteiger partial charge in [0.2, 0.25) is 0 Å². The Hall–Kier alpha value is -3.28. The summed E-state index contributed by atoms with van der Waals surface area (Å²) in [5.41, 5.74) is 3.18. The van der Waals surface area contributed by atoms with Crippen LogP contribution in [0.1, 0.15) is 46.8 Å². The van der Waals surface area contributed by atoms with Crippen LogP contribution in [0.2, 0.25) is 0 Å². The van der Waals surface area contributed by atoms with Crippen molar-refractivity contribution in [2.75, 3.05) is 7.11 Å². The summed E-state index contributed by atoms with van der Waals surface area (Å²) in [4.78, 5) is 24.0. The number of benzene rings is 2. The van der Waals surface area contributed by atoms with Gasteiger partial charge in [0.1, 0.15) is 29.4 Å². The number of hydrogen-bond donors (Lipinski definition) is 1. The SMILES string of the molecule is COc1c(C)c2c(c(O)c1C/C=C(\C)CCC(=O)Oc1ccccc1)C(=O)OC2. The highest BCUT2D eigenvalue weighted by Crippen LogP contribution is 2.42. The molecule has 1 heterocycles. The molecule has 2 aromatic rings. The van der Waals surface area contributed by atoms with Gasteiger partial charge >= 0.3 is 11.9 Å². The predicted molar refractivity (Wildman–Crippen MR) is 107 cm³/mol. The van der Waals surface area contributed by atoms with Gasteiger partial charge in [-0.3, -0.25) is 4.79 Å². The summed E-state index contributed by atoms with van der Waals surface area (Å²) in [6.45, 7) is 3.90. The largest absolute Gasteiger partial charge is 0.507 e. The number of rotatable bonds is 7. The molecule has 0 unspecified atom stereocenters. The van der Waals surface area contributed by atoms with Gasteiger partial charge in [-0.05, 0) is 44.4 Å². The average molecular weight is 396 g/mol. The van der Waals surface area contributed by atoms with E-state index >= 15 is 0 Å². The number of phenolic OH excluding ortho intramolecular Hbond substituents is 1. The number of esters is 2. The maximum Gasteiger partial charge on any atom is 0.342 e. The first-order valence-electron chi connectivity index (χ1n) is 9.42. The van der Waals surface area contributed by atoms with Crippen LogP contribution in [0.5, 0.6) is 17.2 Å². The highest BCUT2D eigenvalue weighted by atomic mass is 16.5. The molecule has 0 bridgehead atoms. The molecule has 0 fully saturated rings. The molecule has 29 heavy (non-hydrogen) atoms. The number of phenols is 1. The zero-order valence-electron chi connectivity index (χ0n) is 16.8. The van der Waals surface area contributed by atoms with E-state index in [0.717, 1.165) is 11.1 Å². The van der Waals surface area contributed by atoms with Crippen LogP contribution in [0.15, 0.2) is 42.0 Å². The van der Waals surface area contributed by atoms with Crippen LogP contribution in [0.25, 0.3) is 0 Å². The fraction of sp³-hybridized carbons (Fsp3) is 0.304. The zero-order valence-corrected chi connectivity index (χ0v) is 16.8. The summed E-state index contributed by atoms with van der Waals surface area (Å²) >= 11 is 0. The third kappa shape index (κ3) is 4.42. The first-order valence-corrected chi connectivity index (χ1v) is 9.42. The lowest BCUT2D eigenvalue weighted by molar-refractivity contribution is -0.134. The monoisotopic (exact) mass is 396 g/mol. The quantitative estimate of drug-likeness (QED) is 0.428. The number of carbonyl (C=O) groups is 2. The van der Waals surface area contributed by atoms with Crippen LogP contribution < -0.4 is 9.47 Å². The van der Waals surface area contributed by atoms with Gasteiger partial charge in [-0.2, -0.15) is 0 Å². The zero-order chi connectivity index (χ0) is 21.0. The Kier molecular flexibility index (Phi) is 6.22. The molecule has 0 saturated carbocycles. The topological polar surface area (TPSA) is 82.1 Å². The molecule has 6 nitrogen and oxygen atoms in total. The van der Waals surface area contributed by atoms with Gasteiger partial charge in [0.15, 0.2) is 0 Å². The van der Waals surface area contributed by atoms with E-state index in [2.05, 4.69) is 0 Å². The van der Waals surface area contributed by atoms with E-state index in [0.29, 0.717) is 35.5 Å². The fourth-order valence-electron chi connectivity index (χ4n) is 3.38. The lowest BCUT2D eigenvalue weighted by atomic mass is 9.94. The average Bonchev–Trinajstić information content (AvgIpc) is 3.11. The van der Waals surface area contributed by atoms with Crippen molar-refractivity contribution in [2.24, 2.45) is 0 Å². The maximum absolute atomic E-state index is 12.0. The molecule has 1 aliphatic heterocycles. The number of hydrogen-bond acceptors (Lipinski definition) is 6. The fourth-order valence-corrected chi connectivity index (χ4v) is 3.38. The molecule has 1 aliphatic rings. The van der Waals surface area contributed by atoms with Crippen LogP contribution in [-0.2, 0) is 22.6 Å². The second-order valence-corrected chi connectivity index (χ2v) is 6.96. The molecule has 3 rings (SSSR count). The summed E-state index contributed by atoms with van der Waals surface area (Å²) in [6, 6.07) is 8.94. The van der Waals surface area contributed by atoms with Crippen molar-refractivity contribution in [1.82, 2.24) is 0 Å². The summed E-state index contributed by atoms with van der Waals surface area (Å²) in [7, 11) is 1.53. The van der Waals surface area contributed by atoms with E-state index in [-0.39, 0.29) is 30.3 Å². The standard InChI is InChI=1S/C23H24O6/c1-14(10-12-19(24)29-16-7-5-4-6-8-16)9-11-17-21(25)20-18(13-28-23(20)26)15(2)22(17)27-3/h4-9,25H,10-13H2,1-3H3/b14-9+. The Bertz CT molecular complexity index is 959. The number of para-hydroxylation sites is 1. The first-order chi connectivity index (χ1) is 13.9. The Morgan fingerprint density at radius 1 is 1.24 bits per heavy atom. The molecule has 0 amide bonds. The third-order valence-electron chi connectivity index (χ3n) is 5.00. The van der Waals surface area contributed by atoms with E-state index in [1.807, 2.05) is 38.1 Å².